The molecule has 216 valence electrons. The van der Waals surface area contributed by atoms with Crippen molar-refractivity contribution in [3.05, 3.63) is 11.8 Å². The number of nitrogens with two attached hydrogens (primary N) is 2. The van der Waals surface area contributed by atoms with Gasteiger partial charge in [-0.05, 0) is 19.9 Å². The summed E-state index contributed by atoms with van der Waals surface area (Å²) in [6, 6.07) is -1.69. The summed E-state index contributed by atoms with van der Waals surface area (Å²) in [5.74, 6) is 0.685. The van der Waals surface area contributed by atoms with Crippen LogP contribution in [-0.4, -0.2) is 104 Å². The maximum absolute atomic E-state index is 11.6. The molecular formula is C21H45N5O10P+3. The molecule has 0 radical (unpaired) electrons. The Morgan fingerprint density at radius 3 is 2.49 bits per heavy atom. The minimum atomic E-state index is -5.47. The number of aliphatic hydroxyl groups excluding tert-OH is 1. The highest BCUT2D eigenvalue weighted by atomic mass is 31.2. The quantitative estimate of drug-likeness (QED) is 0.124. The summed E-state index contributed by atoms with van der Waals surface area (Å²) in [6.07, 6.45) is -3.31. The Labute approximate surface area is 216 Å². The lowest BCUT2D eigenvalue weighted by Crippen LogP contribution is -2.97. The molecule has 0 unspecified atom stereocenters. The molecule has 0 aromatic heterocycles. The van der Waals surface area contributed by atoms with Crippen LogP contribution in [-0.2, 0) is 28.0 Å². The molecule has 11 atom stereocenters. The van der Waals surface area contributed by atoms with Crippen LogP contribution in [0.15, 0.2) is 11.8 Å². The third kappa shape index (κ3) is 7.47. The standard InChI is InChI=1S/C21H42N5O10P/c1-4-26-13-7-12(24)15(34-19-11(23)6-5-10(8-22)33-19)14(27)16(13)35-20-17(36-37(29,30)31)18(25-3)21(2,28)9-32-20/h5,11-20,25-28H,4,6-9,22-24H2,1-3H3,(H2,29,30,31)/p+3/t11-,12+,13-,14+,15-,16+,17-,18-,19-,20+,21+/m1/s1. The van der Waals surface area contributed by atoms with Crippen LogP contribution >= 0.6 is 7.82 Å². The summed E-state index contributed by atoms with van der Waals surface area (Å²) in [5, 5.41) is 25.7. The van der Waals surface area contributed by atoms with Crippen LogP contribution in [0.25, 0.3) is 0 Å². The highest BCUT2D eigenvalue weighted by Crippen LogP contribution is 2.36. The summed E-state index contributed by atoms with van der Waals surface area (Å²) in [4.78, 5) is 23.1. The smallest absolute Gasteiger partial charge is 0.252 e. The molecule has 16 heteroatoms. The summed E-state index contributed by atoms with van der Waals surface area (Å²) < 4.78 is 40.4. The van der Waals surface area contributed by atoms with Gasteiger partial charge in [-0.3, -0.25) is 0 Å². The number of likely N-dealkylation sites (N-methyl/N-ethyl adjacent to an activating group) is 2. The van der Waals surface area contributed by atoms with E-state index in [0.29, 0.717) is 31.7 Å². The fraction of sp³-hybridized carbons (Fsp3) is 0.905. The van der Waals surface area contributed by atoms with Crippen molar-refractivity contribution in [1.29, 1.82) is 0 Å². The van der Waals surface area contributed by atoms with Gasteiger partial charge in [-0.15, -0.1) is 0 Å². The molecule has 15 nitrogen and oxygen atoms in total. The topological polar surface area (TPSA) is 266 Å². The van der Waals surface area contributed by atoms with Gasteiger partial charge in [0.25, 0.3) is 6.29 Å². The Bertz CT molecular complexity index is 832. The summed E-state index contributed by atoms with van der Waals surface area (Å²) in [5.41, 5.74) is 10.6. The Hall–Kier alpha value is -0.750. The minimum Gasteiger partial charge on any atom is -0.790 e. The minimum absolute atomic E-state index is 0.198. The molecule has 0 bridgehead atoms. The molecular weight excluding hydrogens is 513 g/mol. The fourth-order valence-electron chi connectivity index (χ4n) is 5.43. The Morgan fingerprint density at radius 1 is 1.22 bits per heavy atom. The normalized spacial score (nSPS) is 43.2. The van der Waals surface area contributed by atoms with E-state index in [0.717, 1.165) is 0 Å². The van der Waals surface area contributed by atoms with Gasteiger partial charge in [0.15, 0.2) is 24.2 Å². The average Bonchev–Trinajstić information content (AvgIpc) is 2.80. The third-order valence-corrected chi connectivity index (χ3v) is 7.79. The Balaban J connectivity index is 1.84. The largest absolute Gasteiger partial charge is 0.790 e. The first-order valence-corrected chi connectivity index (χ1v) is 14.2. The summed E-state index contributed by atoms with van der Waals surface area (Å²) in [6.45, 7) is 4.35. The van der Waals surface area contributed by atoms with E-state index < -0.39 is 56.5 Å². The van der Waals surface area contributed by atoms with Crippen LogP contribution in [0.1, 0.15) is 26.7 Å². The zero-order valence-electron chi connectivity index (χ0n) is 21.8. The zero-order valence-corrected chi connectivity index (χ0v) is 22.7. The van der Waals surface area contributed by atoms with Crippen molar-refractivity contribution in [3.63, 3.8) is 0 Å². The monoisotopic (exact) mass is 558 g/mol. The van der Waals surface area contributed by atoms with Crippen molar-refractivity contribution in [2.24, 2.45) is 0 Å². The SMILES string of the molecule is CC[NH2+][C@@H]1C[C@H]([NH3+])[C@@H](O[C@H]2OC(C[NH3+])=CC[C@H]2[NH3+])[C@H](O)[C@H]1O[C@@H]1OC[C@](C)(O)[C@H]([NH2+]C)[C@H]1OP(=O)([O-])[O-]. The van der Waals surface area contributed by atoms with E-state index >= 15 is 0 Å². The Morgan fingerprint density at radius 2 is 1.89 bits per heavy atom. The fourth-order valence-corrected chi connectivity index (χ4v) is 5.96. The molecule has 1 aliphatic carbocycles. The van der Waals surface area contributed by atoms with Crippen molar-refractivity contribution in [3.8, 4) is 0 Å². The van der Waals surface area contributed by atoms with Gasteiger partial charge in [-0.2, -0.15) is 0 Å². The number of ether oxygens (including phenoxy) is 4. The number of quaternary nitrogens is 5. The van der Waals surface area contributed by atoms with Crippen LogP contribution in [0, 0.1) is 0 Å². The Kier molecular flexibility index (Phi) is 10.5. The molecule has 37 heavy (non-hydrogen) atoms. The molecule has 0 spiro atoms. The summed E-state index contributed by atoms with van der Waals surface area (Å²) >= 11 is 0. The van der Waals surface area contributed by atoms with Crippen molar-refractivity contribution in [2.45, 2.75) is 93.5 Å². The van der Waals surface area contributed by atoms with Gasteiger partial charge in [-0.25, -0.2) is 0 Å². The second-order valence-electron chi connectivity index (χ2n) is 10.3. The highest BCUT2D eigenvalue weighted by molar-refractivity contribution is 7.43. The van der Waals surface area contributed by atoms with Crippen LogP contribution in [0.2, 0.25) is 0 Å². The van der Waals surface area contributed by atoms with E-state index in [9.17, 15) is 24.6 Å². The van der Waals surface area contributed by atoms with Crippen LogP contribution in [0.3, 0.4) is 0 Å². The molecule has 2 heterocycles. The van der Waals surface area contributed by atoms with Gasteiger partial charge >= 0.3 is 0 Å². The van der Waals surface area contributed by atoms with Crippen LogP contribution in [0.4, 0.5) is 0 Å². The van der Waals surface area contributed by atoms with Crippen molar-refractivity contribution < 1.29 is 75.9 Å². The maximum Gasteiger partial charge on any atom is 0.252 e. The van der Waals surface area contributed by atoms with Gasteiger partial charge < -0.3 is 75.9 Å². The highest BCUT2D eigenvalue weighted by Gasteiger charge is 2.55. The predicted molar refractivity (Wildman–Crippen MR) is 120 cm³/mol. The van der Waals surface area contributed by atoms with Gasteiger partial charge in [0.1, 0.15) is 48.6 Å². The molecule has 2 fully saturated rings. The van der Waals surface area contributed by atoms with E-state index in [2.05, 4.69) is 17.2 Å². The predicted octanol–water partition coefficient (Wildman–Crippen LogP) is -8.55. The van der Waals surface area contributed by atoms with E-state index in [-0.39, 0.29) is 24.7 Å². The van der Waals surface area contributed by atoms with Crippen LogP contribution < -0.4 is 37.6 Å². The number of phosphoric acid groups is 1. The number of hydrogen-bond donors (Lipinski definition) is 7. The molecule has 1 saturated heterocycles. The molecule has 3 rings (SSSR count). The molecule has 1 saturated carbocycles. The molecule has 0 aromatic rings. The van der Waals surface area contributed by atoms with Gasteiger partial charge in [0.05, 0.1) is 34.4 Å². The second kappa shape index (κ2) is 12.6. The maximum atomic E-state index is 11.6. The number of phosphoric ester groups is 1. The van der Waals surface area contributed by atoms with Gasteiger partial charge in [0, 0.05) is 6.42 Å². The number of rotatable bonds is 10. The first-order valence-electron chi connectivity index (χ1n) is 12.8. The average molecular weight is 559 g/mol. The number of aliphatic hydroxyl groups is 2. The molecule has 0 aromatic carbocycles. The van der Waals surface area contributed by atoms with E-state index in [1.165, 1.54) is 6.92 Å². The van der Waals surface area contributed by atoms with E-state index in [4.69, 9.17) is 23.5 Å². The molecule has 0 amide bonds. The first kappa shape index (κ1) is 30.8. The summed E-state index contributed by atoms with van der Waals surface area (Å²) in [7, 11) is -3.85. The lowest BCUT2D eigenvalue weighted by atomic mass is 9.83. The molecule has 3 aliphatic rings. The van der Waals surface area contributed by atoms with Gasteiger partial charge in [-0.1, -0.05) is 0 Å². The lowest BCUT2D eigenvalue weighted by molar-refractivity contribution is -0.709. The van der Waals surface area contributed by atoms with E-state index in [1.54, 1.807) is 12.4 Å². The van der Waals surface area contributed by atoms with Crippen LogP contribution in [0.5, 0.6) is 0 Å². The van der Waals surface area contributed by atoms with Crippen molar-refractivity contribution >= 4 is 7.82 Å². The second-order valence-corrected chi connectivity index (χ2v) is 11.4. The van der Waals surface area contributed by atoms with Crippen molar-refractivity contribution in [1.82, 2.24) is 0 Å². The number of hydrogen-bond acceptors (Lipinski definition) is 10. The lowest BCUT2D eigenvalue weighted by Gasteiger charge is -2.48. The molecule has 2 aliphatic heterocycles. The zero-order chi connectivity index (χ0) is 27.5. The first-order chi connectivity index (χ1) is 17.3. The van der Waals surface area contributed by atoms with Gasteiger partial charge in [0.2, 0.25) is 0 Å². The third-order valence-electron chi connectivity index (χ3n) is 7.29. The van der Waals surface area contributed by atoms with E-state index in [1.807, 2.05) is 18.3 Å². The van der Waals surface area contributed by atoms with Crippen molar-refractivity contribution in [2.75, 3.05) is 26.7 Å². The molecule has 15 N–H and O–H groups in total.